The molecule has 2 aromatic rings. The quantitative estimate of drug-likeness (QED) is 0.572. The summed E-state index contributed by atoms with van der Waals surface area (Å²) in [6.07, 6.45) is 1.45. The van der Waals surface area contributed by atoms with Gasteiger partial charge in [-0.1, -0.05) is 45.7 Å². The smallest absolute Gasteiger partial charge is 0.127 e. The minimum absolute atomic E-state index is 0.202. The predicted molar refractivity (Wildman–Crippen MR) is 87.2 cm³/mol. The van der Waals surface area contributed by atoms with Crippen molar-refractivity contribution in [3.8, 4) is 0 Å². The van der Waals surface area contributed by atoms with Gasteiger partial charge in [-0.05, 0) is 54.2 Å². The summed E-state index contributed by atoms with van der Waals surface area (Å²) >= 11 is 15.2. The summed E-state index contributed by atoms with van der Waals surface area (Å²) in [4.78, 5) is 0. The van der Waals surface area contributed by atoms with E-state index in [1.807, 2.05) is 12.1 Å². The molecule has 2 aromatic carbocycles. The third kappa shape index (κ3) is 4.47. The van der Waals surface area contributed by atoms with E-state index in [2.05, 4.69) is 28.1 Å². The van der Waals surface area contributed by atoms with Crippen molar-refractivity contribution >= 4 is 39.1 Å². The Morgan fingerprint density at radius 2 is 1.75 bits per heavy atom. The minimum Gasteiger partial charge on any atom is -0.207 e. The van der Waals surface area contributed by atoms with Gasteiger partial charge in [-0.3, -0.25) is 0 Å². The summed E-state index contributed by atoms with van der Waals surface area (Å²) in [5.74, 6) is 0.440. The van der Waals surface area contributed by atoms with Gasteiger partial charge >= 0.3 is 0 Å². The van der Waals surface area contributed by atoms with Gasteiger partial charge in [-0.25, -0.2) is 4.39 Å². The summed E-state index contributed by atoms with van der Waals surface area (Å²) in [6, 6.07) is 12.9. The first-order chi connectivity index (χ1) is 9.58. The van der Waals surface area contributed by atoms with E-state index < -0.39 is 0 Å². The lowest BCUT2D eigenvalue weighted by Gasteiger charge is -2.15. The van der Waals surface area contributed by atoms with E-state index in [0.29, 0.717) is 22.9 Å². The second kappa shape index (κ2) is 7.44. The molecule has 20 heavy (non-hydrogen) atoms. The maximum Gasteiger partial charge on any atom is 0.127 e. The molecule has 0 aliphatic rings. The third-order valence-electron chi connectivity index (χ3n) is 3.18. The van der Waals surface area contributed by atoms with Crippen LogP contribution in [-0.4, -0.2) is 5.88 Å². The summed E-state index contributed by atoms with van der Waals surface area (Å²) in [6.45, 7) is 0. The Bertz CT molecular complexity index is 569. The van der Waals surface area contributed by atoms with Gasteiger partial charge in [-0.15, -0.1) is 11.6 Å². The van der Waals surface area contributed by atoms with E-state index in [1.54, 1.807) is 12.1 Å². The summed E-state index contributed by atoms with van der Waals surface area (Å²) in [5.41, 5.74) is 1.87. The normalized spacial score (nSPS) is 12.4. The van der Waals surface area contributed by atoms with Gasteiger partial charge in [0.2, 0.25) is 0 Å². The average molecular weight is 376 g/mol. The molecule has 0 aromatic heterocycles. The molecule has 2 rings (SSSR count). The SMILES string of the molecule is Fc1cc(Cl)ccc1CC(CCl)Cc1ccc(Br)cc1. The van der Waals surface area contributed by atoms with E-state index in [0.717, 1.165) is 10.9 Å². The zero-order valence-corrected chi connectivity index (χ0v) is 13.8. The zero-order valence-electron chi connectivity index (χ0n) is 10.8. The van der Waals surface area contributed by atoms with Crippen molar-refractivity contribution in [1.82, 2.24) is 0 Å². The Kier molecular flexibility index (Phi) is 5.88. The molecule has 106 valence electrons. The lowest BCUT2D eigenvalue weighted by molar-refractivity contribution is 0.546. The predicted octanol–water partition coefficient (Wildman–Crippen LogP) is 5.88. The molecular weight excluding hydrogens is 362 g/mol. The van der Waals surface area contributed by atoms with Crippen LogP contribution in [0.15, 0.2) is 46.9 Å². The van der Waals surface area contributed by atoms with Gasteiger partial charge in [0.05, 0.1) is 0 Å². The number of halogens is 4. The van der Waals surface area contributed by atoms with Crippen molar-refractivity contribution in [2.75, 3.05) is 5.88 Å². The Labute approximate surface area is 137 Å². The number of hydrogen-bond acceptors (Lipinski definition) is 0. The molecule has 1 atom stereocenters. The Morgan fingerprint density at radius 3 is 2.35 bits per heavy atom. The molecule has 0 heterocycles. The van der Waals surface area contributed by atoms with Crippen LogP contribution in [0, 0.1) is 11.7 Å². The molecule has 0 spiro atoms. The molecule has 0 bridgehead atoms. The van der Waals surface area contributed by atoms with E-state index in [9.17, 15) is 4.39 Å². The lowest BCUT2D eigenvalue weighted by atomic mass is 9.94. The molecule has 0 N–H and O–H groups in total. The second-order valence-electron chi connectivity index (χ2n) is 4.79. The number of benzene rings is 2. The molecule has 0 fully saturated rings. The van der Waals surface area contributed by atoms with Gasteiger partial charge in [-0.2, -0.15) is 0 Å². The van der Waals surface area contributed by atoms with Crippen LogP contribution in [-0.2, 0) is 12.8 Å². The first-order valence-corrected chi connectivity index (χ1v) is 8.03. The van der Waals surface area contributed by atoms with Crippen LogP contribution < -0.4 is 0 Å². The van der Waals surface area contributed by atoms with E-state index >= 15 is 0 Å². The van der Waals surface area contributed by atoms with Crippen molar-refractivity contribution in [2.45, 2.75) is 12.8 Å². The lowest BCUT2D eigenvalue weighted by Crippen LogP contribution is -2.11. The maximum atomic E-state index is 13.8. The molecule has 0 aliphatic heterocycles. The highest BCUT2D eigenvalue weighted by molar-refractivity contribution is 9.10. The molecule has 4 heteroatoms. The van der Waals surface area contributed by atoms with Crippen molar-refractivity contribution < 1.29 is 4.39 Å². The summed E-state index contributed by atoms with van der Waals surface area (Å²) < 4.78 is 14.9. The van der Waals surface area contributed by atoms with Crippen molar-refractivity contribution in [3.05, 3.63) is 68.9 Å². The molecule has 0 saturated carbocycles. The topological polar surface area (TPSA) is 0 Å². The fraction of sp³-hybridized carbons (Fsp3) is 0.250. The van der Waals surface area contributed by atoms with E-state index in [4.69, 9.17) is 23.2 Å². The van der Waals surface area contributed by atoms with Crippen molar-refractivity contribution in [3.63, 3.8) is 0 Å². The fourth-order valence-corrected chi connectivity index (χ4v) is 2.77. The fourth-order valence-electron chi connectivity index (χ4n) is 2.13. The third-order valence-corrected chi connectivity index (χ3v) is 4.38. The highest BCUT2D eigenvalue weighted by Crippen LogP contribution is 2.21. The molecule has 0 nitrogen and oxygen atoms in total. The van der Waals surface area contributed by atoms with Gasteiger partial charge in [0.25, 0.3) is 0 Å². The first-order valence-electron chi connectivity index (χ1n) is 6.33. The average Bonchev–Trinajstić information content (AvgIpc) is 2.43. The molecule has 0 saturated heterocycles. The number of rotatable bonds is 5. The van der Waals surface area contributed by atoms with Crippen LogP contribution in [0.25, 0.3) is 0 Å². The maximum absolute atomic E-state index is 13.8. The van der Waals surface area contributed by atoms with Crippen molar-refractivity contribution in [1.29, 1.82) is 0 Å². The largest absolute Gasteiger partial charge is 0.207 e. The van der Waals surface area contributed by atoms with Gasteiger partial charge in [0.1, 0.15) is 5.82 Å². The van der Waals surface area contributed by atoms with Gasteiger partial charge in [0.15, 0.2) is 0 Å². The summed E-state index contributed by atoms with van der Waals surface area (Å²) in [7, 11) is 0. The number of alkyl halides is 1. The van der Waals surface area contributed by atoms with Gasteiger partial charge < -0.3 is 0 Å². The molecule has 1 unspecified atom stereocenters. The second-order valence-corrected chi connectivity index (χ2v) is 6.45. The van der Waals surface area contributed by atoms with Crippen LogP contribution >= 0.6 is 39.1 Å². The minimum atomic E-state index is -0.261. The van der Waals surface area contributed by atoms with Crippen molar-refractivity contribution in [2.24, 2.45) is 5.92 Å². The highest BCUT2D eigenvalue weighted by atomic mass is 79.9. The summed E-state index contributed by atoms with van der Waals surface area (Å²) in [5, 5.41) is 0.418. The molecule has 0 amide bonds. The van der Waals surface area contributed by atoms with Crippen LogP contribution in [0.1, 0.15) is 11.1 Å². The van der Waals surface area contributed by atoms with Crippen LogP contribution in [0.5, 0.6) is 0 Å². The highest BCUT2D eigenvalue weighted by Gasteiger charge is 2.13. The van der Waals surface area contributed by atoms with Gasteiger partial charge in [0, 0.05) is 15.4 Å². The first kappa shape index (κ1) is 15.8. The monoisotopic (exact) mass is 374 g/mol. The zero-order chi connectivity index (χ0) is 14.5. The molecule has 0 radical (unpaired) electrons. The van der Waals surface area contributed by atoms with Crippen LogP contribution in [0.4, 0.5) is 4.39 Å². The number of hydrogen-bond donors (Lipinski definition) is 0. The van der Waals surface area contributed by atoms with Crippen LogP contribution in [0.3, 0.4) is 0 Å². The molecule has 0 aliphatic carbocycles. The Balaban J connectivity index is 2.07. The Hall–Kier alpha value is -0.570. The Morgan fingerprint density at radius 1 is 1.05 bits per heavy atom. The van der Waals surface area contributed by atoms with E-state index in [1.165, 1.54) is 11.6 Å². The van der Waals surface area contributed by atoms with Crippen LogP contribution in [0.2, 0.25) is 5.02 Å². The standard InChI is InChI=1S/C16H14BrCl2F/c17-14-4-1-11(2-5-14)7-12(10-18)8-13-3-6-15(19)9-16(13)20/h1-6,9,12H,7-8,10H2. The molecular formula is C16H14BrCl2F. The van der Waals surface area contributed by atoms with E-state index in [-0.39, 0.29) is 11.7 Å².